The molecule has 4 heteroatoms. The Bertz CT molecular complexity index is 785. The molecule has 0 aliphatic carbocycles. The van der Waals surface area contributed by atoms with Gasteiger partial charge in [-0.05, 0) is 29.2 Å². The van der Waals surface area contributed by atoms with Gasteiger partial charge in [0, 0.05) is 33.4 Å². The Labute approximate surface area is 143 Å². The van der Waals surface area contributed by atoms with Crippen LogP contribution in [0.1, 0.15) is 26.3 Å². The van der Waals surface area contributed by atoms with Crippen molar-refractivity contribution in [1.29, 1.82) is 0 Å². The second-order valence-electron chi connectivity index (χ2n) is 6.22. The maximum absolute atomic E-state index is 4.82. The molecule has 0 N–H and O–H groups in total. The van der Waals surface area contributed by atoms with E-state index >= 15 is 0 Å². The molecule has 0 aliphatic rings. The smallest absolute Gasteiger partial charge is 0.125 e. The number of benzene rings is 1. The van der Waals surface area contributed by atoms with E-state index < -0.39 is 0 Å². The lowest BCUT2D eigenvalue weighted by atomic mass is 9.85. The molecule has 2 nitrogen and oxygen atoms in total. The highest BCUT2D eigenvalue weighted by atomic mass is 79.9. The van der Waals surface area contributed by atoms with Crippen molar-refractivity contribution in [3.63, 3.8) is 0 Å². The van der Waals surface area contributed by atoms with Crippen LogP contribution in [0.5, 0.6) is 0 Å². The number of hydrogen-bond donors (Lipinski definition) is 0. The van der Waals surface area contributed by atoms with Gasteiger partial charge >= 0.3 is 0 Å². The summed E-state index contributed by atoms with van der Waals surface area (Å²) >= 11 is 5.13. The molecule has 22 heavy (non-hydrogen) atoms. The lowest BCUT2D eigenvalue weighted by Crippen LogP contribution is -2.12. The number of hydrogen-bond acceptors (Lipinski definition) is 3. The van der Waals surface area contributed by atoms with Crippen LogP contribution in [0.25, 0.3) is 21.8 Å². The van der Waals surface area contributed by atoms with Crippen molar-refractivity contribution in [3.8, 4) is 21.8 Å². The van der Waals surface area contributed by atoms with E-state index in [2.05, 4.69) is 65.3 Å². The number of nitrogens with zero attached hydrogens (tertiary/aromatic N) is 2. The Morgan fingerprint density at radius 3 is 2.45 bits per heavy atom. The van der Waals surface area contributed by atoms with Crippen molar-refractivity contribution < 1.29 is 0 Å². The van der Waals surface area contributed by atoms with Gasteiger partial charge < -0.3 is 0 Å². The molecule has 0 bridgehead atoms. The Hall–Kier alpha value is -1.52. The van der Waals surface area contributed by atoms with E-state index in [1.54, 1.807) is 11.3 Å². The third-order valence-electron chi connectivity index (χ3n) is 3.50. The molecule has 0 spiro atoms. The Morgan fingerprint density at radius 1 is 1.05 bits per heavy atom. The van der Waals surface area contributed by atoms with Crippen LogP contribution in [-0.4, -0.2) is 9.97 Å². The Balaban J connectivity index is 2.03. The normalized spacial score (nSPS) is 11.6. The molecular weight excluding hydrogens is 356 g/mol. The van der Waals surface area contributed by atoms with Gasteiger partial charge in [0.15, 0.2) is 0 Å². The van der Waals surface area contributed by atoms with Crippen LogP contribution in [0, 0.1) is 0 Å². The van der Waals surface area contributed by atoms with Gasteiger partial charge in [-0.3, -0.25) is 4.98 Å². The average molecular weight is 373 g/mol. The molecule has 2 heterocycles. The Kier molecular flexibility index (Phi) is 4.15. The van der Waals surface area contributed by atoms with Crippen molar-refractivity contribution in [2.24, 2.45) is 0 Å². The second kappa shape index (κ2) is 5.94. The van der Waals surface area contributed by atoms with Crippen LogP contribution in [0.15, 0.2) is 52.6 Å². The number of rotatable bonds is 2. The molecule has 0 saturated carbocycles. The Morgan fingerprint density at radius 2 is 1.77 bits per heavy atom. The summed E-state index contributed by atoms with van der Waals surface area (Å²) in [5, 5.41) is 3.13. The fourth-order valence-corrected chi connectivity index (χ4v) is 3.49. The monoisotopic (exact) mass is 372 g/mol. The topological polar surface area (TPSA) is 25.8 Å². The van der Waals surface area contributed by atoms with Crippen LogP contribution in [0.4, 0.5) is 0 Å². The third-order valence-corrected chi connectivity index (χ3v) is 4.91. The average Bonchev–Trinajstić information content (AvgIpc) is 2.97. The summed E-state index contributed by atoms with van der Waals surface area (Å²) in [6.07, 6.45) is 3.78. The summed E-state index contributed by atoms with van der Waals surface area (Å²) < 4.78 is 1.08. The van der Waals surface area contributed by atoms with Crippen LogP contribution in [0.3, 0.4) is 0 Å². The van der Waals surface area contributed by atoms with Gasteiger partial charge in [0.1, 0.15) is 5.01 Å². The zero-order chi connectivity index (χ0) is 15.7. The number of halogens is 1. The highest BCUT2D eigenvalue weighted by molar-refractivity contribution is 9.10. The molecule has 0 fully saturated rings. The summed E-state index contributed by atoms with van der Waals surface area (Å²) in [5.41, 5.74) is 4.62. The zero-order valence-electron chi connectivity index (χ0n) is 12.8. The van der Waals surface area contributed by atoms with Gasteiger partial charge in [0.05, 0.1) is 5.69 Å². The first-order valence-corrected chi connectivity index (χ1v) is 8.79. The standard InChI is InChI=1S/C18H17BrN2S/c1-18(2,3)15-8-9-20-10-14(15)17-21-16(11-22-17)12-4-6-13(19)7-5-12/h4-11H,1-3H3. The van der Waals surface area contributed by atoms with Gasteiger partial charge in [0.2, 0.25) is 0 Å². The predicted octanol–water partition coefficient (Wildman–Crippen LogP) is 5.93. The molecular formula is C18H17BrN2S. The summed E-state index contributed by atoms with van der Waals surface area (Å²) in [6, 6.07) is 10.3. The van der Waals surface area contributed by atoms with E-state index in [1.807, 2.05) is 24.5 Å². The van der Waals surface area contributed by atoms with Crippen LogP contribution in [-0.2, 0) is 5.41 Å². The summed E-state index contributed by atoms with van der Waals surface area (Å²) in [7, 11) is 0. The third kappa shape index (κ3) is 3.13. The molecule has 0 atom stereocenters. The first-order chi connectivity index (χ1) is 10.4. The van der Waals surface area contributed by atoms with E-state index in [4.69, 9.17) is 4.98 Å². The van der Waals surface area contributed by atoms with Gasteiger partial charge in [-0.2, -0.15) is 0 Å². The SMILES string of the molecule is CC(C)(C)c1ccncc1-c1nc(-c2ccc(Br)cc2)cs1. The summed E-state index contributed by atoms with van der Waals surface area (Å²) in [5.74, 6) is 0. The minimum atomic E-state index is 0.0711. The lowest BCUT2D eigenvalue weighted by molar-refractivity contribution is 0.591. The molecule has 0 radical (unpaired) electrons. The molecule has 0 unspecified atom stereocenters. The highest BCUT2D eigenvalue weighted by Gasteiger charge is 2.20. The van der Waals surface area contributed by atoms with E-state index in [0.717, 1.165) is 26.3 Å². The largest absolute Gasteiger partial charge is 0.264 e. The highest BCUT2D eigenvalue weighted by Crippen LogP contribution is 2.35. The maximum atomic E-state index is 4.82. The number of thiazole rings is 1. The van der Waals surface area contributed by atoms with Gasteiger partial charge in [-0.15, -0.1) is 11.3 Å². The van der Waals surface area contributed by atoms with Crippen molar-refractivity contribution in [2.75, 3.05) is 0 Å². The quantitative estimate of drug-likeness (QED) is 0.556. The van der Waals surface area contributed by atoms with Crippen molar-refractivity contribution >= 4 is 27.3 Å². The first kappa shape index (κ1) is 15.4. The van der Waals surface area contributed by atoms with Crippen LogP contribution in [0.2, 0.25) is 0 Å². The van der Waals surface area contributed by atoms with Gasteiger partial charge in [-0.1, -0.05) is 48.8 Å². The predicted molar refractivity (Wildman–Crippen MR) is 97.2 cm³/mol. The molecule has 3 aromatic rings. The van der Waals surface area contributed by atoms with Gasteiger partial charge in [-0.25, -0.2) is 4.98 Å². The fraction of sp³-hybridized carbons (Fsp3) is 0.222. The summed E-state index contributed by atoms with van der Waals surface area (Å²) in [4.78, 5) is 9.11. The van der Waals surface area contributed by atoms with E-state index in [0.29, 0.717) is 0 Å². The maximum Gasteiger partial charge on any atom is 0.125 e. The molecule has 2 aromatic heterocycles. The van der Waals surface area contributed by atoms with Crippen molar-refractivity contribution in [2.45, 2.75) is 26.2 Å². The van der Waals surface area contributed by atoms with E-state index in [-0.39, 0.29) is 5.41 Å². The van der Waals surface area contributed by atoms with Gasteiger partial charge in [0.25, 0.3) is 0 Å². The summed E-state index contributed by atoms with van der Waals surface area (Å²) in [6.45, 7) is 6.65. The van der Waals surface area contributed by atoms with Crippen molar-refractivity contribution in [1.82, 2.24) is 9.97 Å². The molecule has 112 valence electrons. The molecule has 0 saturated heterocycles. The van der Waals surface area contributed by atoms with Crippen LogP contribution >= 0.6 is 27.3 Å². The lowest BCUT2D eigenvalue weighted by Gasteiger charge is -2.21. The fourth-order valence-electron chi connectivity index (χ4n) is 2.37. The number of aromatic nitrogens is 2. The molecule has 0 aliphatic heterocycles. The number of pyridine rings is 1. The minimum Gasteiger partial charge on any atom is -0.264 e. The zero-order valence-corrected chi connectivity index (χ0v) is 15.2. The molecule has 3 rings (SSSR count). The van der Waals surface area contributed by atoms with Crippen molar-refractivity contribution in [3.05, 3.63) is 58.1 Å². The first-order valence-electron chi connectivity index (χ1n) is 7.11. The second-order valence-corrected chi connectivity index (χ2v) is 7.99. The minimum absolute atomic E-state index is 0.0711. The van der Waals surface area contributed by atoms with E-state index in [9.17, 15) is 0 Å². The van der Waals surface area contributed by atoms with Crippen LogP contribution < -0.4 is 0 Å². The van der Waals surface area contributed by atoms with E-state index in [1.165, 1.54) is 5.56 Å². The molecule has 1 aromatic carbocycles. The molecule has 0 amide bonds.